The van der Waals surface area contributed by atoms with Crippen molar-refractivity contribution in [2.24, 2.45) is 5.92 Å². The van der Waals surface area contributed by atoms with Crippen molar-refractivity contribution in [2.75, 3.05) is 6.61 Å². The summed E-state index contributed by atoms with van der Waals surface area (Å²) in [6.45, 7) is 4.44. The van der Waals surface area contributed by atoms with Crippen molar-refractivity contribution in [3.05, 3.63) is 34.9 Å². The highest BCUT2D eigenvalue weighted by molar-refractivity contribution is 6.31. The molecular weight excluding hydrogens is 286 g/mol. The van der Waals surface area contributed by atoms with Crippen LogP contribution >= 0.6 is 11.6 Å². The monoisotopic (exact) mass is 309 g/mol. The molecule has 3 atom stereocenters. The summed E-state index contributed by atoms with van der Waals surface area (Å²) in [7, 11) is 0. The van der Waals surface area contributed by atoms with Crippen molar-refractivity contribution < 1.29 is 9.53 Å². The molecule has 0 radical (unpaired) electrons. The topological polar surface area (TPSA) is 38.3 Å². The molecule has 1 aliphatic carbocycles. The number of carbonyl (C=O) groups is 1. The molecule has 1 saturated carbocycles. The van der Waals surface area contributed by atoms with E-state index in [0.717, 1.165) is 36.3 Å². The van der Waals surface area contributed by atoms with Crippen LogP contribution in [0.1, 0.15) is 51.1 Å². The Hall–Kier alpha value is -1.06. The van der Waals surface area contributed by atoms with E-state index in [1.54, 1.807) is 0 Å². The number of ether oxygens (including phenoxy) is 1. The van der Waals surface area contributed by atoms with Gasteiger partial charge in [-0.2, -0.15) is 0 Å². The lowest BCUT2D eigenvalue weighted by Crippen LogP contribution is -2.38. The molecule has 1 fully saturated rings. The number of benzene rings is 1. The van der Waals surface area contributed by atoms with Crippen LogP contribution in [0.3, 0.4) is 0 Å². The third-order valence-electron chi connectivity index (χ3n) is 4.15. The average molecular weight is 310 g/mol. The molecule has 2 rings (SSSR count). The van der Waals surface area contributed by atoms with Gasteiger partial charge in [0.05, 0.1) is 12.5 Å². The fraction of sp³-hybridized carbons (Fsp3) is 0.588. The predicted octanol–water partition coefficient (Wildman–Crippen LogP) is 4.11. The van der Waals surface area contributed by atoms with Gasteiger partial charge in [-0.1, -0.05) is 36.2 Å². The molecule has 0 spiro atoms. The Kier molecular flexibility index (Phi) is 6.07. The van der Waals surface area contributed by atoms with Crippen LogP contribution in [0.4, 0.5) is 0 Å². The Labute approximate surface area is 132 Å². The Morgan fingerprint density at radius 2 is 2.19 bits per heavy atom. The second-order valence-corrected chi connectivity index (χ2v) is 6.13. The summed E-state index contributed by atoms with van der Waals surface area (Å²) < 4.78 is 5.15. The molecule has 0 aromatic heterocycles. The standard InChI is InChI=1S/C17H24ClNO2/c1-3-21-17(20)13-7-6-8-14(11-13)19-12(2)15-9-4-5-10-16(15)18/h4-5,9-10,12-14,19H,3,6-8,11H2,1-2H3. The van der Waals surface area contributed by atoms with Crippen LogP contribution in [-0.4, -0.2) is 18.6 Å². The summed E-state index contributed by atoms with van der Waals surface area (Å²) in [6.07, 6.45) is 3.96. The van der Waals surface area contributed by atoms with E-state index in [1.807, 2.05) is 31.2 Å². The van der Waals surface area contributed by atoms with Crippen molar-refractivity contribution in [1.29, 1.82) is 0 Å². The molecule has 3 unspecified atom stereocenters. The molecule has 4 heteroatoms. The van der Waals surface area contributed by atoms with Gasteiger partial charge in [0.1, 0.15) is 0 Å². The van der Waals surface area contributed by atoms with Crippen molar-refractivity contribution >= 4 is 17.6 Å². The summed E-state index contributed by atoms with van der Waals surface area (Å²) in [5, 5.41) is 4.40. The van der Waals surface area contributed by atoms with Crippen LogP contribution in [-0.2, 0) is 9.53 Å². The SMILES string of the molecule is CCOC(=O)C1CCCC(NC(C)c2ccccc2Cl)C1. The van der Waals surface area contributed by atoms with E-state index in [4.69, 9.17) is 16.3 Å². The molecule has 116 valence electrons. The van der Waals surface area contributed by atoms with Gasteiger partial charge in [0.25, 0.3) is 0 Å². The van der Waals surface area contributed by atoms with Crippen LogP contribution in [0.15, 0.2) is 24.3 Å². The van der Waals surface area contributed by atoms with Gasteiger partial charge in [-0.05, 0) is 44.7 Å². The van der Waals surface area contributed by atoms with Gasteiger partial charge >= 0.3 is 5.97 Å². The van der Waals surface area contributed by atoms with Gasteiger partial charge in [-0.25, -0.2) is 0 Å². The minimum Gasteiger partial charge on any atom is -0.466 e. The van der Waals surface area contributed by atoms with Crippen LogP contribution in [0.2, 0.25) is 5.02 Å². The van der Waals surface area contributed by atoms with E-state index >= 15 is 0 Å². The van der Waals surface area contributed by atoms with E-state index in [0.29, 0.717) is 12.6 Å². The Balaban J connectivity index is 1.93. The largest absolute Gasteiger partial charge is 0.466 e. The highest BCUT2D eigenvalue weighted by Crippen LogP contribution is 2.29. The van der Waals surface area contributed by atoms with Crippen LogP contribution < -0.4 is 5.32 Å². The minimum absolute atomic E-state index is 0.0367. The Morgan fingerprint density at radius 1 is 1.43 bits per heavy atom. The Bertz CT molecular complexity index is 478. The number of esters is 1. The zero-order valence-corrected chi connectivity index (χ0v) is 13.5. The molecule has 1 aliphatic rings. The van der Waals surface area contributed by atoms with Crippen LogP contribution in [0, 0.1) is 5.92 Å². The fourth-order valence-corrected chi connectivity index (χ4v) is 3.38. The molecule has 1 aromatic rings. The van der Waals surface area contributed by atoms with Crippen LogP contribution in [0.5, 0.6) is 0 Å². The number of rotatable bonds is 5. The highest BCUT2D eigenvalue weighted by atomic mass is 35.5. The van der Waals surface area contributed by atoms with Gasteiger partial charge in [-0.15, -0.1) is 0 Å². The molecule has 3 nitrogen and oxygen atoms in total. The number of hydrogen-bond donors (Lipinski definition) is 1. The first kappa shape index (κ1) is 16.3. The lowest BCUT2D eigenvalue weighted by molar-refractivity contribution is -0.149. The molecule has 21 heavy (non-hydrogen) atoms. The molecule has 0 bridgehead atoms. The summed E-state index contributed by atoms with van der Waals surface area (Å²) in [5.41, 5.74) is 1.11. The highest BCUT2D eigenvalue weighted by Gasteiger charge is 2.29. The average Bonchev–Trinajstić information content (AvgIpc) is 2.48. The lowest BCUT2D eigenvalue weighted by atomic mass is 9.85. The maximum absolute atomic E-state index is 11.9. The third kappa shape index (κ3) is 4.45. The van der Waals surface area contributed by atoms with Crippen molar-refractivity contribution in [1.82, 2.24) is 5.32 Å². The van der Waals surface area contributed by atoms with E-state index in [-0.39, 0.29) is 17.9 Å². The Morgan fingerprint density at radius 3 is 2.90 bits per heavy atom. The van der Waals surface area contributed by atoms with Gasteiger partial charge in [0.15, 0.2) is 0 Å². The van der Waals surface area contributed by atoms with Gasteiger partial charge in [0.2, 0.25) is 0 Å². The molecule has 1 aromatic carbocycles. The maximum Gasteiger partial charge on any atom is 0.308 e. The van der Waals surface area contributed by atoms with Crippen LogP contribution in [0.25, 0.3) is 0 Å². The van der Waals surface area contributed by atoms with Crippen molar-refractivity contribution in [2.45, 2.75) is 51.6 Å². The van der Waals surface area contributed by atoms with Crippen molar-refractivity contribution in [3.63, 3.8) is 0 Å². The summed E-state index contributed by atoms with van der Waals surface area (Å²) >= 11 is 6.24. The first-order valence-electron chi connectivity index (χ1n) is 7.79. The molecule has 0 saturated heterocycles. The molecule has 0 heterocycles. The summed E-state index contributed by atoms with van der Waals surface area (Å²) in [4.78, 5) is 11.9. The zero-order valence-electron chi connectivity index (χ0n) is 12.8. The first-order valence-corrected chi connectivity index (χ1v) is 8.16. The maximum atomic E-state index is 11.9. The smallest absolute Gasteiger partial charge is 0.308 e. The number of halogens is 1. The van der Waals surface area contributed by atoms with Gasteiger partial charge in [0, 0.05) is 17.1 Å². The summed E-state index contributed by atoms with van der Waals surface area (Å²) in [5.74, 6) is -0.0101. The molecule has 0 amide bonds. The zero-order chi connectivity index (χ0) is 15.2. The second kappa shape index (κ2) is 7.81. The number of carbonyl (C=O) groups excluding carboxylic acids is 1. The number of nitrogens with one attached hydrogen (secondary N) is 1. The van der Waals surface area contributed by atoms with Gasteiger partial charge < -0.3 is 10.1 Å². The normalized spacial score (nSPS) is 23.6. The summed E-state index contributed by atoms with van der Waals surface area (Å²) in [6, 6.07) is 8.43. The van der Waals surface area contributed by atoms with Crippen molar-refractivity contribution in [3.8, 4) is 0 Å². The molecular formula is C17H24ClNO2. The first-order chi connectivity index (χ1) is 10.1. The quantitative estimate of drug-likeness (QED) is 0.832. The van der Waals surface area contributed by atoms with E-state index < -0.39 is 0 Å². The molecule has 1 N–H and O–H groups in total. The second-order valence-electron chi connectivity index (χ2n) is 5.72. The minimum atomic E-state index is -0.0469. The molecule has 0 aliphatic heterocycles. The van der Waals surface area contributed by atoms with E-state index in [2.05, 4.69) is 12.2 Å². The third-order valence-corrected chi connectivity index (χ3v) is 4.50. The van der Waals surface area contributed by atoms with E-state index in [1.165, 1.54) is 0 Å². The fourth-order valence-electron chi connectivity index (χ4n) is 3.08. The number of hydrogen-bond acceptors (Lipinski definition) is 3. The van der Waals surface area contributed by atoms with Gasteiger partial charge in [-0.3, -0.25) is 4.79 Å². The van der Waals surface area contributed by atoms with E-state index in [9.17, 15) is 4.79 Å². The predicted molar refractivity (Wildman–Crippen MR) is 85.4 cm³/mol. The lowest BCUT2D eigenvalue weighted by Gasteiger charge is -2.31.